The number of nitrogens with zero attached hydrogens (tertiary/aromatic N) is 1. The average Bonchev–Trinajstić information content (AvgIpc) is 2.87. The molecule has 0 saturated heterocycles. The number of benzene rings is 2. The fourth-order valence-electron chi connectivity index (χ4n) is 3.00. The number of sulfonamides is 1. The van der Waals surface area contributed by atoms with Crippen LogP contribution in [-0.4, -0.2) is 24.7 Å². The highest BCUT2D eigenvalue weighted by atomic mass is 32.2. The Balaban J connectivity index is 1.98. The number of carbonyl (C=O) groups is 1. The lowest BCUT2D eigenvalue weighted by Gasteiger charge is -2.26. The minimum atomic E-state index is -3.67. The number of hydrogen-bond acceptors (Lipinski definition) is 3. The van der Waals surface area contributed by atoms with Crippen LogP contribution in [0.1, 0.15) is 37.8 Å². The van der Waals surface area contributed by atoms with Gasteiger partial charge in [0, 0.05) is 18.3 Å². The van der Waals surface area contributed by atoms with Gasteiger partial charge in [0.25, 0.3) is 0 Å². The first-order chi connectivity index (χ1) is 11.8. The van der Waals surface area contributed by atoms with Crippen LogP contribution in [0.2, 0.25) is 0 Å². The lowest BCUT2D eigenvalue weighted by molar-refractivity contribution is -0.116. The Morgan fingerprint density at radius 1 is 1.12 bits per heavy atom. The summed E-state index contributed by atoms with van der Waals surface area (Å²) in [5.41, 5.74) is 2.36. The van der Waals surface area contributed by atoms with Crippen molar-refractivity contribution in [3.8, 4) is 0 Å². The molecule has 1 amide bonds. The summed E-state index contributed by atoms with van der Waals surface area (Å²) >= 11 is 0. The Hall–Kier alpha value is -2.18. The molecule has 0 fully saturated rings. The first-order valence-corrected chi connectivity index (χ1v) is 9.75. The molecule has 0 bridgehead atoms. The van der Waals surface area contributed by atoms with Crippen LogP contribution in [0, 0.1) is 0 Å². The van der Waals surface area contributed by atoms with Crippen molar-refractivity contribution in [2.75, 3.05) is 5.32 Å². The molecule has 1 heterocycles. The molecule has 0 saturated carbocycles. The Bertz CT molecular complexity index is 892. The van der Waals surface area contributed by atoms with E-state index in [1.165, 1.54) is 4.31 Å². The first-order valence-electron chi connectivity index (χ1n) is 8.31. The molecule has 2 aromatic carbocycles. The van der Waals surface area contributed by atoms with E-state index in [9.17, 15) is 13.2 Å². The largest absolute Gasteiger partial charge is 0.325 e. The smallest absolute Gasteiger partial charge is 0.243 e. The standard InChI is InChI=1S/C19H22N2O3S/c1-13(2)21(12-15-7-5-4-6-8-15)25(23,24)16-9-10-18-17(11-16)14(3)19(22)20-18/h4-11,13-14H,12H2,1-3H3,(H,20,22)/t14-/m1/s1. The van der Waals surface area contributed by atoms with Crippen molar-refractivity contribution < 1.29 is 13.2 Å². The molecular weight excluding hydrogens is 336 g/mol. The molecule has 0 aromatic heterocycles. The van der Waals surface area contributed by atoms with Crippen molar-refractivity contribution >= 4 is 21.6 Å². The number of amides is 1. The van der Waals surface area contributed by atoms with Gasteiger partial charge in [-0.2, -0.15) is 4.31 Å². The molecule has 0 radical (unpaired) electrons. The van der Waals surface area contributed by atoms with Gasteiger partial charge >= 0.3 is 0 Å². The highest BCUT2D eigenvalue weighted by Gasteiger charge is 2.31. The van der Waals surface area contributed by atoms with Crippen molar-refractivity contribution in [3.63, 3.8) is 0 Å². The molecule has 1 aliphatic heterocycles. The van der Waals surface area contributed by atoms with Gasteiger partial charge in [0.05, 0.1) is 10.8 Å². The van der Waals surface area contributed by atoms with E-state index in [1.54, 1.807) is 25.1 Å². The van der Waals surface area contributed by atoms with Crippen LogP contribution < -0.4 is 5.32 Å². The van der Waals surface area contributed by atoms with E-state index >= 15 is 0 Å². The lowest BCUT2D eigenvalue weighted by Crippen LogP contribution is -2.36. The zero-order chi connectivity index (χ0) is 18.2. The molecule has 1 aliphatic rings. The second kappa shape index (κ2) is 6.61. The summed E-state index contributed by atoms with van der Waals surface area (Å²) in [5.74, 6) is -0.443. The maximum atomic E-state index is 13.2. The molecule has 0 aliphatic carbocycles. The summed E-state index contributed by atoms with van der Waals surface area (Å²) in [5, 5.41) is 2.77. The zero-order valence-electron chi connectivity index (χ0n) is 14.6. The van der Waals surface area contributed by atoms with Gasteiger partial charge in [0.1, 0.15) is 0 Å². The highest BCUT2D eigenvalue weighted by Crippen LogP contribution is 2.34. The summed E-state index contributed by atoms with van der Waals surface area (Å²) in [7, 11) is -3.67. The minimum Gasteiger partial charge on any atom is -0.325 e. The fourth-order valence-corrected chi connectivity index (χ4v) is 4.66. The Morgan fingerprint density at radius 2 is 1.80 bits per heavy atom. The number of hydrogen-bond donors (Lipinski definition) is 1. The monoisotopic (exact) mass is 358 g/mol. The third-order valence-electron chi connectivity index (χ3n) is 4.50. The van der Waals surface area contributed by atoms with Crippen LogP contribution in [0.25, 0.3) is 0 Å². The van der Waals surface area contributed by atoms with Crippen molar-refractivity contribution in [2.45, 2.75) is 44.2 Å². The van der Waals surface area contributed by atoms with Crippen molar-refractivity contribution in [1.82, 2.24) is 4.31 Å². The molecule has 0 spiro atoms. The third-order valence-corrected chi connectivity index (χ3v) is 6.52. The molecule has 6 heteroatoms. The van der Waals surface area contributed by atoms with E-state index < -0.39 is 10.0 Å². The maximum Gasteiger partial charge on any atom is 0.243 e. The van der Waals surface area contributed by atoms with E-state index in [2.05, 4.69) is 5.32 Å². The van der Waals surface area contributed by atoms with Crippen LogP contribution in [0.4, 0.5) is 5.69 Å². The molecule has 5 nitrogen and oxygen atoms in total. The van der Waals surface area contributed by atoms with Gasteiger partial charge in [0.15, 0.2) is 0 Å². The fraction of sp³-hybridized carbons (Fsp3) is 0.316. The minimum absolute atomic E-state index is 0.102. The molecule has 2 aromatic rings. The summed E-state index contributed by atoms with van der Waals surface area (Å²) in [6, 6.07) is 14.2. The zero-order valence-corrected chi connectivity index (χ0v) is 15.4. The normalized spacial score (nSPS) is 17.0. The van der Waals surface area contributed by atoms with Gasteiger partial charge in [-0.3, -0.25) is 4.79 Å². The molecule has 132 valence electrons. The van der Waals surface area contributed by atoms with Gasteiger partial charge < -0.3 is 5.32 Å². The highest BCUT2D eigenvalue weighted by molar-refractivity contribution is 7.89. The number of rotatable bonds is 5. The van der Waals surface area contributed by atoms with Gasteiger partial charge in [-0.15, -0.1) is 0 Å². The Labute approximate surface area is 148 Å². The summed E-state index contributed by atoms with van der Waals surface area (Å²) < 4.78 is 27.9. The number of nitrogens with one attached hydrogen (secondary N) is 1. The van der Waals surface area contributed by atoms with Gasteiger partial charge in [-0.1, -0.05) is 30.3 Å². The van der Waals surface area contributed by atoms with E-state index in [0.29, 0.717) is 12.2 Å². The van der Waals surface area contributed by atoms with Crippen LogP contribution in [0.3, 0.4) is 0 Å². The van der Waals surface area contributed by atoms with Crippen LogP contribution in [0.5, 0.6) is 0 Å². The molecule has 1 atom stereocenters. The van der Waals surface area contributed by atoms with Crippen molar-refractivity contribution in [2.24, 2.45) is 0 Å². The van der Waals surface area contributed by atoms with Crippen LogP contribution >= 0.6 is 0 Å². The Morgan fingerprint density at radius 3 is 2.44 bits per heavy atom. The van der Waals surface area contributed by atoms with Crippen LogP contribution in [-0.2, 0) is 21.4 Å². The quantitative estimate of drug-likeness (QED) is 0.891. The lowest BCUT2D eigenvalue weighted by atomic mass is 10.0. The molecule has 0 unspecified atom stereocenters. The Kier molecular flexibility index (Phi) is 4.67. The summed E-state index contributed by atoms with van der Waals surface area (Å²) in [6.07, 6.45) is 0. The van der Waals surface area contributed by atoms with Crippen LogP contribution in [0.15, 0.2) is 53.4 Å². The van der Waals surface area contributed by atoms with E-state index in [1.807, 2.05) is 44.2 Å². The second-order valence-corrected chi connectivity index (χ2v) is 8.48. The number of fused-ring (bicyclic) bond motifs is 1. The SMILES string of the molecule is CC(C)N(Cc1ccccc1)S(=O)(=O)c1ccc2c(c1)[C@@H](C)C(=O)N2. The van der Waals surface area contributed by atoms with Crippen molar-refractivity contribution in [3.05, 3.63) is 59.7 Å². The van der Waals surface area contributed by atoms with E-state index in [0.717, 1.165) is 11.1 Å². The average molecular weight is 358 g/mol. The number of carbonyl (C=O) groups excluding carboxylic acids is 1. The summed E-state index contributed by atoms with van der Waals surface area (Å²) in [6.45, 7) is 5.82. The predicted molar refractivity (Wildman–Crippen MR) is 97.8 cm³/mol. The first kappa shape index (κ1) is 17.6. The van der Waals surface area contributed by atoms with Gasteiger partial charge in [0.2, 0.25) is 15.9 Å². The number of anilines is 1. The maximum absolute atomic E-state index is 13.2. The molecule has 1 N–H and O–H groups in total. The molecule has 25 heavy (non-hydrogen) atoms. The van der Waals surface area contributed by atoms with Crippen molar-refractivity contribution in [1.29, 1.82) is 0 Å². The molecular formula is C19H22N2O3S. The summed E-state index contributed by atoms with van der Waals surface area (Å²) in [4.78, 5) is 12.0. The second-order valence-electron chi connectivity index (χ2n) is 6.59. The topological polar surface area (TPSA) is 66.5 Å². The third kappa shape index (κ3) is 3.32. The van der Waals surface area contributed by atoms with Gasteiger partial charge in [-0.25, -0.2) is 8.42 Å². The predicted octanol–water partition coefficient (Wildman–Crippen LogP) is 3.34. The molecule has 3 rings (SSSR count). The van der Waals surface area contributed by atoms with E-state index in [-0.39, 0.29) is 22.8 Å². The van der Waals surface area contributed by atoms with Gasteiger partial charge in [-0.05, 0) is 50.1 Å². The van der Waals surface area contributed by atoms with E-state index in [4.69, 9.17) is 0 Å².